The summed E-state index contributed by atoms with van der Waals surface area (Å²) in [6, 6.07) is 30.7. The van der Waals surface area contributed by atoms with E-state index in [1.807, 2.05) is 66.7 Å². The summed E-state index contributed by atoms with van der Waals surface area (Å²) in [7, 11) is 2.95. The second kappa shape index (κ2) is 15.3. The Morgan fingerprint density at radius 1 is 0.816 bits per heavy atom. The van der Waals surface area contributed by atoms with Crippen LogP contribution >= 0.6 is 0 Å². The van der Waals surface area contributed by atoms with E-state index in [0.717, 1.165) is 28.4 Å². The van der Waals surface area contributed by atoms with Crippen LogP contribution in [-0.4, -0.2) is 46.8 Å². The molecule has 0 spiro atoms. The van der Waals surface area contributed by atoms with Crippen LogP contribution in [0, 0.1) is 0 Å². The van der Waals surface area contributed by atoms with Crippen molar-refractivity contribution in [3.05, 3.63) is 126 Å². The molecule has 0 aliphatic rings. The lowest BCUT2D eigenvalue weighted by Gasteiger charge is -2.23. The van der Waals surface area contributed by atoms with Crippen molar-refractivity contribution in [3.63, 3.8) is 0 Å². The highest BCUT2D eigenvalue weighted by Gasteiger charge is 2.27. The van der Waals surface area contributed by atoms with E-state index in [2.05, 4.69) is 10.3 Å². The SMILES string of the molecule is COC(=O)c1ccc(C(CC(=O)OC(C)(C)C)c2nc(Oc3ccc(-c4cccc(NCc5ccc(OC)cc5)n4)cc3)ccc2O)cc1. The molecule has 3 aromatic carbocycles. The number of aromatic hydroxyl groups is 1. The van der Waals surface area contributed by atoms with E-state index in [4.69, 9.17) is 23.9 Å². The van der Waals surface area contributed by atoms with Crippen molar-refractivity contribution in [2.45, 2.75) is 45.3 Å². The van der Waals surface area contributed by atoms with Gasteiger partial charge in [-0.3, -0.25) is 4.79 Å². The van der Waals surface area contributed by atoms with Crippen LogP contribution in [0.15, 0.2) is 103 Å². The molecule has 1 unspecified atom stereocenters. The molecule has 5 aromatic rings. The first-order valence-corrected chi connectivity index (χ1v) is 15.7. The fraction of sp³-hybridized carbons (Fsp3) is 0.231. The van der Waals surface area contributed by atoms with Crippen LogP contribution in [0.25, 0.3) is 11.3 Å². The van der Waals surface area contributed by atoms with E-state index in [9.17, 15) is 14.7 Å². The number of ether oxygens (including phenoxy) is 4. The Kier molecular flexibility index (Phi) is 10.8. The summed E-state index contributed by atoms with van der Waals surface area (Å²) < 4.78 is 21.7. The van der Waals surface area contributed by atoms with Crippen LogP contribution in [0.4, 0.5) is 5.82 Å². The highest BCUT2D eigenvalue weighted by Crippen LogP contribution is 2.36. The Hall–Kier alpha value is -5.90. The summed E-state index contributed by atoms with van der Waals surface area (Å²) in [5, 5.41) is 14.3. The van der Waals surface area contributed by atoms with Crippen molar-refractivity contribution >= 4 is 17.8 Å². The standard InChI is InChI=1S/C39H39N3O7/c1-39(2,3)49-36(44)23-31(26-11-13-28(14-12-26)38(45)47-5)37-33(43)21-22-35(42-37)48-30-19-15-27(16-20-30)32-7-6-8-34(41-32)40-24-25-9-17-29(46-4)18-10-25/h6-22,31,43H,23-24H2,1-5H3,(H,40,41). The third-order valence-electron chi connectivity index (χ3n) is 7.49. The van der Waals surface area contributed by atoms with E-state index in [1.54, 1.807) is 58.2 Å². The molecule has 10 nitrogen and oxygen atoms in total. The molecular weight excluding hydrogens is 622 g/mol. The van der Waals surface area contributed by atoms with E-state index in [-0.39, 0.29) is 23.7 Å². The number of benzene rings is 3. The molecule has 2 aromatic heterocycles. The van der Waals surface area contributed by atoms with Crippen molar-refractivity contribution in [2.24, 2.45) is 0 Å². The molecule has 2 N–H and O–H groups in total. The molecule has 0 bridgehead atoms. The van der Waals surface area contributed by atoms with Crippen LogP contribution in [0.5, 0.6) is 23.1 Å². The van der Waals surface area contributed by atoms with Gasteiger partial charge in [-0.1, -0.05) is 30.3 Å². The van der Waals surface area contributed by atoms with Gasteiger partial charge in [-0.05, 0) is 98.6 Å². The van der Waals surface area contributed by atoms with Gasteiger partial charge in [0.05, 0.1) is 37.6 Å². The number of hydrogen-bond donors (Lipinski definition) is 2. The number of methoxy groups -OCH3 is 2. The van der Waals surface area contributed by atoms with Crippen LogP contribution in [0.3, 0.4) is 0 Å². The van der Waals surface area contributed by atoms with Crippen molar-refractivity contribution in [2.75, 3.05) is 19.5 Å². The predicted octanol–water partition coefficient (Wildman–Crippen LogP) is 7.91. The average Bonchev–Trinajstić information content (AvgIpc) is 3.10. The number of nitrogens with zero attached hydrogens (tertiary/aromatic N) is 2. The van der Waals surface area contributed by atoms with Gasteiger partial charge >= 0.3 is 11.9 Å². The topological polar surface area (TPSA) is 129 Å². The smallest absolute Gasteiger partial charge is 0.337 e. The maximum absolute atomic E-state index is 13.0. The predicted molar refractivity (Wildman–Crippen MR) is 186 cm³/mol. The number of pyridine rings is 2. The van der Waals surface area contributed by atoms with Crippen LogP contribution in [-0.2, 0) is 20.8 Å². The van der Waals surface area contributed by atoms with Gasteiger partial charge in [0.1, 0.15) is 28.7 Å². The number of aromatic nitrogens is 2. The molecule has 10 heteroatoms. The molecule has 2 heterocycles. The van der Waals surface area contributed by atoms with Gasteiger partial charge in [0.2, 0.25) is 5.88 Å². The van der Waals surface area contributed by atoms with Gasteiger partial charge < -0.3 is 29.4 Å². The Balaban J connectivity index is 1.33. The minimum absolute atomic E-state index is 0.103. The number of carbonyl (C=O) groups excluding carboxylic acids is 2. The lowest BCUT2D eigenvalue weighted by atomic mass is 9.90. The lowest BCUT2D eigenvalue weighted by Crippen LogP contribution is -2.25. The van der Waals surface area contributed by atoms with E-state index in [1.165, 1.54) is 13.2 Å². The summed E-state index contributed by atoms with van der Waals surface area (Å²) in [5.74, 6) is 0.550. The first-order valence-electron chi connectivity index (χ1n) is 15.7. The summed E-state index contributed by atoms with van der Waals surface area (Å²) in [4.78, 5) is 34.3. The molecule has 1 atom stereocenters. The van der Waals surface area contributed by atoms with Gasteiger partial charge in [-0.25, -0.2) is 14.8 Å². The molecule has 5 rings (SSSR count). The summed E-state index contributed by atoms with van der Waals surface area (Å²) in [6.07, 6.45) is -0.103. The van der Waals surface area contributed by atoms with Gasteiger partial charge in [0.15, 0.2) is 0 Å². The minimum atomic E-state index is -0.701. The highest BCUT2D eigenvalue weighted by molar-refractivity contribution is 5.89. The molecule has 252 valence electrons. The largest absolute Gasteiger partial charge is 0.506 e. The monoisotopic (exact) mass is 661 g/mol. The third-order valence-corrected chi connectivity index (χ3v) is 7.49. The molecule has 0 saturated carbocycles. The third kappa shape index (κ3) is 9.35. The van der Waals surface area contributed by atoms with E-state index in [0.29, 0.717) is 23.4 Å². The summed E-state index contributed by atoms with van der Waals surface area (Å²) in [6.45, 7) is 5.98. The van der Waals surface area contributed by atoms with Gasteiger partial charge in [0, 0.05) is 24.1 Å². The molecular formula is C39H39N3O7. The van der Waals surface area contributed by atoms with Gasteiger partial charge in [-0.2, -0.15) is 0 Å². The number of anilines is 1. The highest BCUT2D eigenvalue weighted by atomic mass is 16.6. The average molecular weight is 662 g/mol. The number of rotatable bonds is 12. The second-order valence-corrected chi connectivity index (χ2v) is 12.2. The maximum atomic E-state index is 13.0. The van der Waals surface area contributed by atoms with Gasteiger partial charge in [-0.15, -0.1) is 0 Å². The second-order valence-electron chi connectivity index (χ2n) is 12.2. The van der Waals surface area contributed by atoms with Crippen LogP contribution < -0.4 is 14.8 Å². The molecule has 0 radical (unpaired) electrons. The number of esters is 2. The Morgan fingerprint density at radius 2 is 1.51 bits per heavy atom. The maximum Gasteiger partial charge on any atom is 0.337 e. The Morgan fingerprint density at radius 3 is 2.16 bits per heavy atom. The minimum Gasteiger partial charge on any atom is -0.506 e. The van der Waals surface area contributed by atoms with Crippen LogP contribution in [0.2, 0.25) is 0 Å². The normalized spacial score (nSPS) is 11.7. The zero-order chi connectivity index (χ0) is 35.0. The van der Waals surface area contributed by atoms with Crippen molar-refractivity contribution in [1.29, 1.82) is 0 Å². The van der Waals surface area contributed by atoms with Crippen molar-refractivity contribution < 1.29 is 33.6 Å². The Bertz CT molecular complexity index is 1880. The van der Waals surface area contributed by atoms with Crippen molar-refractivity contribution in [1.82, 2.24) is 9.97 Å². The van der Waals surface area contributed by atoms with E-state index < -0.39 is 23.5 Å². The first kappa shape index (κ1) is 34.4. The number of nitrogens with one attached hydrogen (secondary N) is 1. The van der Waals surface area contributed by atoms with E-state index >= 15 is 0 Å². The summed E-state index contributed by atoms with van der Waals surface area (Å²) in [5.41, 5.74) is 3.32. The lowest BCUT2D eigenvalue weighted by molar-refractivity contribution is -0.155. The number of hydrogen-bond acceptors (Lipinski definition) is 10. The van der Waals surface area contributed by atoms with Crippen LogP contribution in [0.1, 0.15) is 60.3 Å². The molecule has 0 amide bonds. The Labute approximate surface area is 285 Å². The zero-order valence-electron chi connectivity index (χ0n) is 28.1. The van der Waals surface area contributed by atoms with Gasteiger partial charge in [0.25, 0.3) is 0 Å². The quantitative estimate of drug-likeness (QED) is 0.127. The fourth-order valence-electron chi connectivity index (χ4n) is 5.10. The molecule has 0 saturated heterocycles. The van der Waals surface area contributed by atoms with Crippen molar-refractivity contribution in [3.8, 4) is 34.4 Å². The first-order chi connectivity index (χ1) is 23.5. The molecule has 0 fully saturated rings. The summed E-state index contributed by atoms with van der Waals surface area (Å²) >= 11 is 0. The molecule has 49 heavy (non-hydrogen) atoms. The zero-order valence-corrected chi connectivity index (χ0v) is 28.1. The molecule has 0 aliphatic heterocycles. The number of carbonyl (C=O) groups is 2. The molecule has 0 aliphatic carbocycles. The fourth-order valence-corrected chi connectivity index (χ4v) is 5.10.